The summed E-state index contributed by atoms with van der Waals surface area (Å²) < 4.78 is 51.0. The molecule has 1 N–H and O–H groups in total. The Kier molecular flexibility index (Phi) is 5.08. The molecule has 1 saturated heterocycles. The van der Waals surface area contributed by atoms with Gasteiger partial charge in [0.1, 0.15) is 17.4 Å². The Morgan fingerprint density at radius 2 is 2.29 bits per heavy atom. The zero-order valence-corrected chi connectivity index (χ0v) is 13.9. The van der Waals surface area contributed by atoms with Gasteiger partial charge < -0.3 is 19.7 Å². The summed E-state index contributed by atoms with van der Waals surface area (Å²) in [5, 5.41) is 3.17. The highest BCUT2D eigenvalue weighted by atomic mass is 35.5. The van der Waals surface area contributed by atoms with Gasteiger partial charge in [-0.05, 0) is 26.2 Å². The monoisotopic (exact) mass is 365 g/mol. The second kappa shape index (κ2) is 6.93. The lowest BCUT2D eigenvalue weighted by atomic mass is 10.2. The Labute approximate surface area is 143 Å². The number of aromatic nitrogens is 1. The molecule has 0 amide bonds. The van der Waals surface area contributed by atoms with Gasteiger partial charge in [0, 0.05) is 12.7 Å². The van der Waals surface area contributed by atoms with Gasteiger partial charge in [-0.25, -0.2) is 4.98 Å². The molecule has 1 fully saturated rings. The molecule has 0 spiro atoms. The first-order valence-corrected chi connectivity index (χ1v) is 8.24. The van der Waals surface area contributed by atoms with Crippen LogP contribution in [0.2, 0.25) is 5.15 Å². The van der Waals surface area contributed by atoms with Crippen molar-refractivity contribution in [3.63, 3.8) is 0 Å². The van der Waals surface area contributed by atoms with Crippen molar-refractivity contribution < 1.29 is 22.6 Å². The molecule has 2 aliphatic rings. The number of nitrogens with zero attached hydrogens (tertiary/aromatic N) is 2. The van der Waals surface area contributed by atoms with Crippen molar-refractivity contribution in [2.45, 2.75) is 50.9 Å². The Hall–Kier alpha value is -1.25. The van der Waals surface area contributed by atoms with Gasteiger partial charge in [-0.3, -0.25) is 0 Å². The first-order chi connectivity index (χ1) is 11.4. The van der Waals surface area contributed by atoms with Crippen LogP contribution in [-0.2, 0) is 9.47 Å². The maximum atomic E-state index is 13.3. The molecule has 0 aliphatic carbocycles. The van der Waals surface area contributed by atoms with E-state index in [1.54, 1.807) is 0 Å². The predicted octanol–water partition coefficient (Wildman–Crippen LogP) is 3.79. The standard InChI is InChI=1S/C15H19ClF3N3O2/c1-9(15(17,18)19)22-11-6-12(16)20-7-10(11)21-13(22)8-24-14-4-2-3-5-23-14/h6-7,9,13-14,21H,2-5,8H2,1H3. The number of anilines is 2. The molecule has 3 unspecified atom stereocenters. The molecule has 3 heterocycles. The molecule has 0 aromatic carbocycles. The van der Waals surface area contributed by atoms with Crippen molar-refractivity contribution in [2.24, 2.45) is 0 Å². The van der Waals surface area contributed by atoms with E-state index in [1.807, 2.05) is 0 Å². The van der Waals surface area contributed by atoms with Crippen LogP contribution < -0.4 is 10.2 Å². The van der Waals surface area contributed by atoms with Gasteiger partial charge >= 0.3 is 6.18 Å². The first kappa shape index (κ1) is 17.6. The molecule has 0 saturated carbocycles. The quantitative estimate of drug-likeness (QED) is 0.823. The summed E-state index contributed by atoms with van der Waals surface area (Å²) in [7, 11) is 0. The Morgan fingerprint density at radius 1 is 1.50 bits per heavy atom. The highest BCUT2D eigenvalue weighted by molar-refractivity contribution is 6.29. The zero-order chi connectivity index (χ0) is 17.3. The number of nitrogens with one attached hydrogen (secondary N) is 1. The van der Waals surface area contributed by atoms with Crippen molar-refractivity contribution >= 4 is 23.0 Å². The van der Waals surface area contributed by atoms with Crippen LogP contribution in [0.25, 0.3) is 0 Å². The molecule has 9 heteroatoms. The summed E-state index contributed by atoms with van der Waals surface area (Å²) in [5.74, 6) is 0. The second-order valence-electron chi connectivity index (χ2n) is 5.94. The Bertz CT molecular complexity index is 582. The smallest absolute Gasteiger partial charge is 0.360 e. The van der Waals surface area contributed by atoms with E-state index in [0.717, 1.165) is 26.2 Å². The molecule has 5 nitrogen and oxygen atoms in total. The minimum absolute atomic E-state index is 0.0669. The molecule has 0 radical (unpaired) electrons. The number of ether oxygens (including phenoxy) is 2. The third kappa shape index (κ3) is 3.70. The largest absolute Gasteiger partial charge is 0.408 e. The van der Waals surface area contributed by atoms with E-state index < -0.39 is 18.4 Å². The maximum absolute atomic E-state index is 13.3. The lowest BCUT2D eigenvalue weighted by Gasteiger charge is -2.34. The van der Waals surface area contributed by atoms with Crippen LogP contribution in [0.1, 0.15) is 26.2 Å². The van der Waals surface area contributed by atoms with Gasteiger partial charge in [0.05, 0.1) is 24.2 Å². The minimum Gasteiger partial charge on any atom is -0.360 e. The van der Waals surface area contributed by atoms with E-state index in [0.29, 0.717) is 18.0 Å². The molecule has 1 aromatic rings. The minimum atomic E-state index is -4.38. The third-order valence-corrected chi connectivity index (χ3v) is 4.46. The summed E-state index contributed by atoms with van der Waals surface area (Å²) in [6.07, 6.45) is -1.25. The van der Waals surface area contributed by atoms with E-state index in [9.17, 15) is 13.2 Å². The number of halogens is 4. The number of hydrogen-bond acceptors (Lipinski definition) is 5. The van der Waals surface area contributed by atoms with Gasteiger partial charge in [-0.2, -0.15) is 13.2 Å². The fourth-order valence-electron chi connectivity index (χ4n) is 2.96. The van der Waals surface area contributed by atoms with Gasteiger partial charge in [-0.1, -0.05) is 11.6 Å². The van der Waals surface area contributed by atoms with Crippen molar-refractivity contribution in [2.75, 3.05) is 23.4 Å². The number of rotatable bonds is 4. The lowest BCUT2D eigenvalue weighted by molar-refractivity contribution is -0.167. The molecule has 24 heavy (non-hydrogen) atoms. The van der Waals surface area contributed by atoms with Gasteiger partial charge in [0.15, 0.2) is 6.29 Å². The molecule has 134 valence electrons. The molecular weight excluding hydrogens is 347 g/mol. The second-order valence-corrected chi connectivity index (χ2v) is 6.33. The summed E-state index contributed by atoms with van der Waals surface area (Å²) in [5.41, 5.74) is 0.881. The Balaban J connectivity index is 1.77. The van der Waals surface area contributed by atoms with Gasteiger partial charge in [0.25, 0.3) is 0 Å². The number of fused-ring (bicyclic) bond motifs is 1. The third-order valence-electron chi connectivity index (χ3n) is 4.25. The fourth-order valence-corrected chi connectivity index (χ4v) is 3.11. The number of hydrogen-bond donors (Lipinski definition) is 1. The normalized spacial score (nSPS) is 25.3. The van der Waals surface area contributed by atoms with Crippen molar-refractivity contribution in [1.29, 1.82) is 0 Å². The molecule has 0 bridgehead atoms. The highest BCUT2D eigenvalue weighted by Gasteiger charge is 2.46. The van der Waals surface area contributed by atoms with Crippen LogP contribution in [0.15, 0.2) is 12.3 Å². The van der Waals surface area contributed by atoms with E-state index in [2.05, 4.69) is 10.3 Å². The van der Waals surface area contributed by atoms with E-state index in [4.69, 9.17) is 21.1 Å². The molecule has 3 rings (SSSR count). The van der Waals surface area contributed by atoms with Crippen LogP contribution in [0.3, 0.4) is 0 Å². The van der Waals surface area contributed by atoms with E-state index in [-0.39, 0.29) is 18.1 Å². The van der Waals surface area contributed by atoms with Gasteiger partial charge in [0.2, 0.25) is 0 Å². The van der Waals surface area contributed by atoms with Crippen LogP contribution in [0.4, 0.5) is 24.5 Å². The summed E-state index contributed by atoms with van der Waals surface area (Å²) >= 11 is 5.86. The number of alkyl halides is 3. The fraction of sp³-hybridized carbons (Fsp3) is 0.667. The molecule has 3 atom stereocenters. The van der Waals surface area contributed by atoms with Crippen LogP contribution >= 0.6 is 11.6 Å². The topological polar surface area (TPSA) is 46.6 Å². The highest BCUT2D eigenvalue weighted by Crippen LogP contribution is 2.40. The summed E-state index contributed by atoms with van der Waals surface area (Å²) in [6, 6.07) is -0.256. The average Bonchev–Trinajstić information content (AvgIpc) is 2.89. The molecular formula is C15H19ClF3N3O2. The van der Waals surface area contributed by atoms with Crippen molar-refractivity contribution in [3.05, 3.63) is 17.4 Å². The SMILES string of the molecule is CC(N1c2cc(Cl)ncc2NC1COC1CCCCO1)C(F)(F)F. The van der Waals surface area contributed by atoms with Crippen LogP contribution in [0, 0.1) is 0 Å². The van der Waals surface area contributed by atoms with E-state index >= 15 is 0 Å². The molecule has 2 aliphatic heterocycles. The molecule has 1 aromatic heterocycles. The van der Waals surface area contributed by atoms with Crippen molar-refractivity contribution in [3.8, 4) is 0 Å². The van der Waals surface area contributed by atoms with Crippen LogP contribution in [0.5, 0.6) is 0 Å². The van der Waals surface area contributed by atoms with Gasteiger partial charge in [-0.15, -0.1) is 0 Å². The van der Waals surface area contributed by atoms with Crippen LogP contribution in [-0.4, -0.2) is 42.9 Å². The zero-order valence-electron chi connectivity index (χ0n) is 13.1. The first-order valence-electron chi connectivity index (χ1n) is 7.86. The average molecular weight is 366 g/mol. The summed E-state index contributed by atoms with van der Waals surface area (Å²) in [6.45, 7) is 1.80. The summed E-state index contributed by atoms with van der Waals surface area (Å²) in [4.78, 5) is 5.16. The maximum Gasteiger partial charge on any atom is 0.408 e. The number of pyridine rings is 1. The predicted molar refractivity (Wildman–Crippen MR) is 84.2 cm³/mol. The lowest BCUT2D eigenvalue weighted by Crippen LogP contribution is -2.51. The van der Waals surface area contributed by atoms with Crippen molar-refractivity contribution in [1.82, 2.24) is 4.98 Å². The Morgan fingerprint density at radius 3 is 2.96 bits per heavy atom. The van der Waals surface area contributed by atoms with E-state index in [1.165, 1.54) is 17.2 Å².